The minimum absolute atomic E-state index is 0.269. The first kappa shape index (κ1) is 20.9. The molecule has 1 aliphatic rings. The Morgan fingerprint density at radius 1 is 0.900 bits per heavy atom. The first-order chi connectivity index (χ1) is 14.0. The van der Waals surface area contributed by atoms with Crippen LogP contribution >= 0.6 is 0 Å². The Morgan fingerprint density at radius 2 is 1.57 bits per heavy atom. The topological polar surface area (TPSA) is 22.1 Å². The van der Waals surface area contributed by atoms with Crippen molar-refractivity contribution in [2.45, 2.75) is 61.1 Å². The highest BCUT2D eigenvalue weighted by Gasteiger charge is 2.37. The highest BCUT2D eigenvalue weighted by molar-refractivity contribution is 6.86. The molecule has 0 atom stereocenters. The summed E-state index contributed by atoms with van der Waals surface area (Å²) in [5, 5.41) is 1.39. The number of pyridine rings is 1. The standard InChI is InChI=1S/C27H33NOSi/c1-17-13-21(14-18(2)19(17)3)25-26-23(11-12-28-25)22-10-9-20(16-27(4,5)6)15-24(22)30(7,8)29-26/h9-15H,16H2,1-8H3. The van der Waals surface area contributed by atoms with E-state index in [0.29, 0.717) is 0 Å². The van der Waals surface area contributed by atoms with Crippen molar-refractivity contribution in [3.05, 3.63) is 64.8 Å². The Balaban J connectivity index is 1.89. The smallest absolute Gasteiger partial charge is 0.277 e. The average molecular weight is 416 g/mol. The Morgan fingerprint density at radius 3 is 2.20 bits per heavy atom. The van der Waals surface area contributed by atoms with Crippen molar-refractivity contribution in [2.75, 3.05) is 0 Å². The third-order valence-corrected chi connectivity index (χ3v) is 8.64. The van der Waals surface area contributed by atoms with Crippen LogP contribution in [0.25, 0.3) is 22.4 Å². The van der Waals surface area contributed by atoms with E-state index < -0.39 is 8.32 Å². The van der Waals surface area contributed by atoms with Gasteiger partial charge >= 0.3 is 0 Å². The number of fused-ring (bicyclic) bond motifs is 3. The van der Waals surface area contributed by atoms with Crippen molar-refractivity contribution in [3.8, 4) is 28.1 Å². The van der Waals surface area contributed by atoms with E-state index in [2.05, 4.69) is 91.0 Å². The first-order valence-corrected chi connectivity index (χ1v) is 13.8. The molecule has 0 bridgehead atoms. The lowest BCUT2D eigenvalue weighted by molar-refractivity contribution is 0.411. The second-order valence-corrected chi connectivity index (χ2v) is 14.3. The van der Waals surface area contributed by atoms with Crippen LogP contribution < -0.4 is 9.61 Å². The molecule has 1 aromatic heterocycles. The molecule has 0 radical (unpaired) electrons. The van der Waals surface area contributed by atoms with Gasteiger partial charge in [-0.25, -0.2) is 0 Å². The normalized spacial score (nSPS) is 14.7. The number of nitrogens with zero attached hydrogens (tertiary/aromatic N) is 1. The molecule has 2 nitrogen and oxygen atoms in total. The van der Waals surface area contributed by atoms with Gasteiger partial charge in [-0.3, -0.25) is 4.98 Å². The van der Waals surface area contributed by atoms with Gasteiger partial charge in [0.05, 0.1) is 0 Å². The summed E-state index contributed by atoms with van der Waals surface area (Å²) in [6.07, 6.45) is 3.00. The van der Waals surface area contributed by atoms with Gasteiger partial charge in [-0.15, -0.1) is 0 Å². The Kier molecular flexibility index (Phi) is 4.93. The van der Waals surface area contributed by atoms with Gasteiger partial charge in [-0.1, -0.05) is 39.0 Å². The molecule has 30 heavy (non-hydrogen) atoms. The summed E-state index contributed by atoms with van der Waals surface area (Å²) < 4.78 is 6.80. The average Bonchev–Trinajstić information content (AvgIpc) is 2.64. The van der Waals surface area contributed by atoms with Crippen LogP contribution in [0.15, 0.2) is 42.6 Å². The third-order valence-electron chi connectivity index (χ3n) is 6.22. The molecule has 4 rings (SSSR count). The molecule has 3 heteroatoms. The minimum Gasteiger partial charge on any atom is -0.538 e. The monoisotopic (exact) mass is 415 g/mol. The number of hydrogen-bond acceptors (Lipinski definition) is 2. The van der Waals surface area contributed by atoms with E-state index in [1.165, 1.54) is 38.6 Å². The van der Waals surface area contributed by atoms with Gasteiger partial charge in [0.2, 0.25) is 0 Å². The van der Waals surface area contributed by atoms with Crippen molar-refractivity contribution >= 4 is 13.5 Å². The Bertz CT molecular complexity index is 1120. The number of aryl methyl sites for hydroxylation is 2. The maximum absolute atomic E-state index is 6.80. The maximum Gasteiger partial charge on any atom is 0.277 e. The van der Waals surface area contributed by atoms with E-state index in [9.17, 15) is 0 Å². The van der Waals surface area contributed by atoms with Gasteiger partial charge in [0.1, 0.15) is 11.4 Å². The van der Waals surface area contributed by atoms with Crippen LogP contribution in [0.5, 0.6) is 5.75 Å². The molecule has 156 valence electrons. The van der Waals surface area contributed by atoms with Gasteiger partial charge in [-0.2, -0.15) is 0 Å². The van der Waals surface area contributed by atoms with E-state index in [-0.39, 0.29) is 5.41 Å². The molecule has 0 saturated heterocycles. The van der Waals surface area contributed by atoms with Crippen molar-refractivity contribution in [2.24, 2.45) is 5.41 Å². The highest BCUT2D eigenvalue weighted by Crippen LogP contribution is 2.42. The molecule has 0 amide bonds. The minimum atomic E-state index is -2.11. The summed E-state index contributed by atoms with van der Waals surface area (Å²) in [5.41, 5.74) is 10.2. The molecule has 0 saturated carbocycles. The van der Waals surface area contributed by atoms with Crippen molar-refractivity contribution < 1.29 is 4.43 Å². The quantitative estimate of drug-likeness (QED) is 0.433. The van der Waals surface area contributed by atoms with Crippen LogP contribution in [-0.4, -0.2) is 13.3 Å². The molecule has 0 fully saturated rings. The van der Waals surface area contributed by atoms with Crippen LogP contribution in [0.1, 0.15) is 43.0 Å². The van der Waals surface area contributed by atoms with E-state index in [0.717, 1.165) is 23.4 Å². The molecule has 0 aliphatic carbocycles. The summed E-state index contributed by atoms with van der Waals surface area (Å²) in [7, 11) is -2.11. The third kappa shape index (κ3) is 3.71. The number of aromatic nitrogens is 1. The first-order valence-electron chi connectivity index (χ1n) is 10.9. The number of hydrogen-bond donors (Lipinski definition) is 0. The summed E-state index contributed by atoms with van der Waals surface area (Å²) in [6.45, 7) is 18.0. The van der Waals surface area contributed by atoms with Crippen molar-refractivity contribution in [1.29, 1.82) is 0 Å². The summed E-state index contributed by atoms with van der Waals surface area (Å²) in [6, 6.07) is 13.6. The predicted molar refractivity (Wildman–Crippen MR) is 130 cm³/mol. The Labute approximate surface area is 182 Å². The highest BCUT2D eigenvalue weighted by atomic mass is 28.4. The zero-order valence-electron chi connectivity index (χ0n) is 19.6. The van der Waals surface area contributed by atoms with Crippen LogP contribution in [0.2, 0.25) is 13.1 Å². The van der Waals surface area contributed by atoms with Gasteiger partial charge in [0.25, 0.3) is 8.32 Å². The molecule has 1 aliphatic heterocycles. The van der Waals surface area contributed by atoms with Crippen LogP contribution in [0, 0.1) is 26.2 Å². The van der Waals surface area contributed by atoms with Crippen molar-refractivity contribution in [3.63, 3.8) is 0 Å². The van der Waals surface area contributed by atoms with Gasteiger partial charge in [0, 0.05) is 17.3 Å². The number of rotatable bonds is 2. The number of benzene rings is 2. The molecule has 3 aromatic rings. The SMILES string of the molecule is Cc1cc(-c2nccc3c2O[Si](C)(C)c2cc(CC(C)(C)C)ccc2-3)cc(C)c1C. The molecule has 0 spiro atoms. The molecule has 2 heterocycles. The Hall–Kier alpha value is -2.39. The van der Waals surface area contributed by atoms with E-state index in [1.807, 2.05) is 6.20 Å². The molecule has 0 N–H and O–H groups in total. The maximum atomic E-state index is 6.80. The lowest BCUT2D eigenvalue weighted by Crippen LogP contribution is -2.51. The fraction of sp³-hybridized carbons (Fsp3) is 0.370. The lowest BCUT2D eigenvalue weighted by atomic mass is 9.87. The molecule has 2 aromatic carbocycles. The molecular weight excluding hydrogens is 382 g/mol. The predicted octanol–water partition coefficient (Wildman–Crippen LogP) is 6.73. The zero-order valence-corrected chi connectivity index (χ0v) is 20.6. The van der Waals surface area contributed by atoms with E-state index >= 15 is 0 Å². The fourth-order valence-electron chi connectivity index (χ4n) is 4.50. The van der Waals surface area contributed by atoms with Crippen LogP contribution in [0.3, 0.4) is 0 Å². The van der Waals surface area contributed by atoms with Gasteiger partial charge in [0.15, 0.2) is 0 Å². The summed E-state index contributed by atoms with van der Waals surface area (Å²) in [4.78, 5) is 4.78. The largest absolute Gasteiger partial charge is 0.538 e. The van der Waals surface area contributed by atoms with Crippen LogP contribution in [-0.2, 0) is 6.42 Å². The zero-order chi connectivity index (χ0) is 21.8. The second kappa shape index (κ2) is 7.09. The van der Waals surface area contributed by atoms with Gasteiger partial charge in [-0.05, 0) is 96.9 Å². The van der Waals surface area contributed by atoms with Crippen LogP contribution in [0.4, 0.5) is 0 Å². The van der Waals surface area contributed by atoms with Gasteiger partial charge < -0.3 is 4.43 Å². The molecule has 0 unspecified atom stereocenters. The lowest BCUT2D eigenvalue weighted by Gasteiger charge is -2.35. The summed E-state index contributed by atoms with van der Waals surface area (Å²) >= 11 is 0. The van der Waals surface area contributed by atoms with E-state index in [4.69, 9.17) is 9.41 Å². The fourth-order valence-corrected chi connectivity index (χ4v) is 6.73. The molecular formula is C27H33NOSi. The van der Waals surface area contributed by atoms with E-state index in [1.54, 1.807) is 0 Å². The van der Waals surface area contributed by atoms with Crippen molar-refractivity contribution in [1.82, 2.24) is 4.98 Å². The summed E-state index contributed by atoms with van der Waals surface area (Å²) in [5.74, 6) is 0.952. The second-order valence-electron chi connectivity index (χ2n) is 10.5.